The number of aliphatic carboxylic acids is 1. The maximum atomic E-state index is 12.4. The number of carboxylic acids is 1. The van der Waals surface area contributed by atoms with E-state index in [0.29, 0.717) is 5.02 Å². The molecular formula is C15H21ClN2O6S. The van der Waals surface area contributed by atoms with E-state index in [9.17, 15) is 18.0 Å². The number of methoxy groups -OCH3 is 1. The molecule has 0 spiro atoms. The average molecular weight is 393 g/mol. The van der Waals surface area contributed by atoms with Crippen molar-refractivity contribution in [2.45, 2.75) is 23.8 Å². The number of sulfonamides is 1. The molecule has 0 saturated heterocycles. The van der Waals surface area contributed by atoms with Gasteiger partial charge in [-0.15, -0.1) is 0 Å². The number of amides is 1. The number of nitrogens with one attached hydrogen (secondary N) is 1. The Morgan fingerprint density at radius 3 is 2.36 bits per heavy atom. The predicted octanol–water partition coefficient (Wildman–Crippen LogP) is 0.957. The maximum Gasteiger partial charge on any atom is 0.305 e. The van der Waals surface area contributed by atoms with E-state index in [-0.39, 0.29) is 17.9 Å². The molecule has 8 nitrogen and oxygen atoms in total. The van der Waals surface area contributed by atoms with Crippen molar-refractivity contribution in [3.8, 4) is 0 Å². The maximum absolute atomic E-state index is 12.4. The van der Waals surface area contributed by atoms with Gasteiger partial charge in [0.05, 0.1) is 30.0 Å². The molecule has 1 aromatic rings. The van der Waals surface area contributed by atoms with Crippen LogP contribution in [0.15, 0.2) is 29.2 Å². The van der Waals surface area contributed by atoms with Gasteiger partial charge in [0.15, 0.2) is 0 Å². The number of halogens is 1. The summed E-state index contributed by atoms with van der Waals surface area (Å²) >= 11 is 5.74. The summed E-state index contributed by atoms with van der Waals surface area (Å²) in [4.78, 5) is 23.1. The van der Waals surface area contributed by atoms with Crippen molar-refractivity contribution in [3.63, 3.8) is 0 Å². The fourth-order valence-corrected chi connectivity index (χ4v) is 3.49. The number of likely N-dealkylation sites (N-methyl/N-ethyl adjacent to an activating group) is 1. The third-order valence-corrected chi connectivity index (χ3v) is 5.40. The Balaban J connectivity index is 2.84. The number of hydrogen-bond acceptors (Lipinski definition) is 5. The van der Waals surface area contributed by atoms with Crippen molar-refractivity contribution in [1.29, 1.82) is 0 Å². The van der Waals surface area contributed by atoms with Gasteiger partial charge in [0.2, 0.25) is 15.9 Å². The third-order valence-electron chi connectivity index (χ3n) is 3.33. The molecule has 0 saturated carbocycles. The second kappa shape index (κ2) is 8.61. The molecule has 1 rings (SSSR count). The largest absolute Gasteiger partial charge is 0.481 e. The Morgan fingerprint density at radius 1 is 1.32 bits per heavy atom. The van der Waals surface area contributed by atoms with Gasteiger partial charge in [-0.25, -0.2) is 8.42 Å². The molecule has 140 valence electrons. The van der Waals surface area contributed by atoms with Crippen LogP contribution in [0.5, 0.6) is 0 Å². The Bertz CT molecular complexity index is 722. The molecule has 1 aromatic carbocycles. The first-order valence-corrected chi connectivity index (χ1v) is 9.05. The second-order valence-corrected chi connectivity index (χ2v) is 8.31. The first-order chi connectivity index (χ1) is 11.5. The van der Waals surface area contributed by atoms with Crippen LogP contribution in [0.4, 0.5) is 0 Å². The first-order valence-electron chi connectivity index (χ1n) is 7.24. The van der Waals surface area contributed by atoms with Gasteiger partial charge in [0.25, 0.3) is 0 Å². The van der Waals surface area contributed by atoms with Crippen molar-refractivity contribution >= 4 is 33.5 Å². The highest BCUT2D eigenvalue weighted by Gasteiger charge is 2.31. The van der Waals surface area contributed by atoms with Crippen LogP contribution in [-0.2, 0) is 24.3 Å². The smallest absolute Gasteiger partial charge is 0.305 e. The molecule has 2 N–H and O–H groups in total. The normalized spacial score (nSPS) is 14.1. The zero-order valence-electron chi connectivity index (χ0n) is 14.2. The van der Waals surface area contributed by atoms with Crippen LogP contribution in [0.1, 0.15) is 13.3 Å². The fourth-order valence-electron chi connectivity index (χ4n) is 2.23. The minimum Gasteiger partial charge on any atom is -0.481 e. The van der Waals surface area contributed by atoms with Crippen molar-refractivity contribution in [1.82, 2.24) is 9.62 Å². The minimum absolute atomic E-state index is 0.00242. The molecule has 0 heterocycles. The summed E-state index contributed by atoms with van der Waals surface area (Å²) in [6, 6.07) is 5.55. The molecule has 10 heteroatoms. The van der Waals surface area contributed by atoms with Gasteiger partial charge in [-0.2, -0.15) is 4.31 Å². The van der Waals surface area contributed by atoms with E-state index >= 15 is 0 Å². The molecule has 0 aliphatic rings. The van der Waals surface area contributed by atoms with Crippen LogP contribution >= 0.6 is 11.6 Å². The van der Waals surface area contributed by atoms with Gasteiger partial charge < -0.3 is 15.2 Å². The number of carboxylic acid groups (broad SMARTS) is 1. The topological polar surface area (TPSA) is 113 Å². The summed E-state index contributed by atoms with van der Waals surface area (Å²) in [6.45, 7) is 1.01. The van der Waals surface area contributed by atoms with Crippen LogP contribution in [0.3, 0.4) is 0 Å². The summed E-state index contributed by atoms with van der Waals surface area (Å²) in [7, 11) is -1.24. The molecule has 0 aliphatic heterocycles. The van der Waals surface area contributed by atoms with E-state index in [4.69, 9.17) is 21.4 Å². The van der Waals surface area contributed by atoms with E-state index in [1.165, 1.54) is 45.3 Å². The first kappa shape index (κ1) is 21.4. The standard InChI is InChI=1S/C15H21ClN2O6S/c1-15(10-24-3,8-14(20)21)17-13(19)9-18(2)25(22,23)12-6-4-11(16)5-7-12/h4-7H,8-10H2,1-3H3,(H,17,19)(H,20,21). The Kier molecular flexibility index (Phi) is 7.36. The quantitative estimate of drug-likeness (QED) is 0.647. The van der Waals surface area contributed by atoms with Gasteiger partial charge in [0, 0.05) is 19.2 Å². The fraction of sp³-hybridized carbons (Fsp3) is 0.467. The van der Waals surface area contributed by atoms with Crippen LogP contribution < -0.4 is 5.32 Å². The van der Waals surface area contributed by atoms with Gasteiger partial charge in [-0.05, 0) is 31.2 Å². The molecule has 0 aromatic heterocycles. The van der Waals surface area contributed by atoms with Crippen LogP contribution in [0.25, 0.3) is 0 Å². The number of benzene rings is 1. The lowest BCUT2D eigenvalue weighted by molar-refractivity contribution is -0.139. The van der Waals surface area contributed by atoms with Crippen LogP contribution in [-0.4, -0.2) is 62.6 Å². The van der Waals surface area contributed by atoms with Crippen molar-refractivity contribution in [3.05, 3.63) is 29.3 Å². The van der Waals surface area contributed by atoms with Crippen molar-refractivity contribution in [2.24, 2.45) is 0 Å². The zero-order chi connectivity index (χ0) is 19.3. The number of ether oxygens (including phenoxy) is 1. The lowest BCUT2D eigenvalue weighted by Gasteiger charge is -2.29. The molecule has 0 radical (unpaired) electrons. The number of nitrogens with zero attached hydrogens (tertiary/aromatic N) is 1. The SMILES string of the molecule is COCC(C)(CC(=O)O)NC(=O)CN(C)S(=O)(=O)c1ccc(Cl)cc1. The predicted molar refractivity (Wildman–Crippen MR) is 91.9 cm³/mol. The lowest BCUT2D eigenvalue weighted by Crippen LogP contribution is -2.53. The van der Waals surface area contributed by atoms with E-state index in [1.807, 2.05) is 0 Å². The molecular weight excluding hydrogens is 372 g/mol. The number of carbonyl (C=O) groups is 2. The summed E-state index contributed by atoms with van der Waals surface area (Å²) < 4.78 is 30.7. The molecule has 0 aliphatic carbocycles. The van der Waals surface area contributed by atoms with E-state index < -0.39 is 34.0 Å². The van der Waals surface area contributed by atoms with E-state index in [1.54, 1.807) is 0 Å². The van der Waals surface area contributed by atoms with Crippen LogP contribution in [0, 0.1) is 0 Å². The zero-order valence-corrected chi connectivity index (χ0v) is 15.7. The highest BCUT2D eigenvalue weighted by Crippen LogP contribution is 2.17. The second-order valence-electron chi connectivity index (χ2n) is 5.83. The Hall–Kier alpha value is -1.68. The molecule has 0 bridgehead atoms. The molecule has 1 amide bonds. The Morgan fingerprint density at radius 2 is 1.88 bits per heavy atom. The number of rotatable bonds is 9. The highest BCUT2D eigenvalue weighted by molar-refractivity contribution is 7.89. The van der Waals surface area contributed by atoms with Gasteiger partial charge >= 0.3 is 5.97 Å². The monoisotopic (exact) mass is 392 g/mol. The van der Waals surface area contributed by atoms with Crippen LogP contribution in [0.2, 0.25) is 5.02 Å². The lowest BCUT2D eigenvalue weighted by atomic mass is 9.99. The summed E-state index contributed by atoms with van der Waals surface area (Å²) in [5.41, 5.74) is -1.15. The van der Waals surface area contributed by atoms with Crippen molar-refractivity contribution < 1.29 is 27.9 Å². The summed E-state index contributed by atoms with van der Waals surface area (Å²) in [5.74, 6) is -1.75. The Labute approximate surface area is 151 Å². The summed E-state index contributed by atoms with van der Waals surface area (Å²) in [5, 5.41) is 11.9. The molecule has 1 atom stereocenters. The average Bonchev–Trinajstić information content (AvgIpc) is 2.46. The van der Waals surface area contributed by atoms with Gasteiger partial charge in [-0.1, -0.05) is 11.6 Å². The van der Waals surface area contributed by atoms with E-state index in [2.05, 4.69) is 5.32 Å². The third kappa shape index (κ3) is 6.28. The van der Waals surface area contributed by atoms with E-state index in [0.717, 1.165) is 4.31 Å². The van der Waals surface area contributed by atoms with Crippen molar-refractivity contribution in [2.75, 3.05) is 27.3 Å². The van der Waals surface area contributed by atoms with Gasteiger partial charge in [0.1, 0.15) is 0 Å². The molecule has 1 unspecified atom stereocenters. The summed E-state index contributed by atoms with van der Waals surface area (Å²) in [6.07, 6.45) is -0.361. The number of hydrogen-bond donors (Lipinski definition) is 2. The minimum atomic E-state index is -3.88. The molecule has 25 heavy (non-hydrogen) atoms. The van der Waals surface area contributed by atoms with Gasteiger partial charge in [-0.3, -0.25) is 9.59 Å². The number of carbonyl (C=O) groups excluding carboxylic acids is 1. The molecule has 0 fully saturated rings. The highest BCUT2D eigenvalue weighted by atomic mass is 35.5.